The standard InChI is InChI=1S/C10H8BrClN2O/c1-6(11)10-13-9(14-15-10)7-2-4-8(12)5-3-7/h2-6H,1H3. The van der Waals surface area contributed by atoms with Crippen molar-refractivity contribution in [3.05, 3.63) is 35.2 Å². The normalized spacial score (nSPS) is 12.7. The summed E-state index contributed by atoms with van der Waals surface area (Å²) in [6, 6.07) is 7.31. The number of alkyl halides is 1. The highest BCUT2D eigenvalue weighted by Crippen LogP contribution is 2.23. The zero-order valence-corrected chi connectivity index (χ0v) is 10.3. The van der Waals surface area contributed by atoms with Crippen LogP contribution in [0.15, 0.2) is 28.8 Å². The fraction of sp³-hybridized carbons (Fsp3) is 0.200. The van der Waals surface area contributed by atoms with E-state index in [9.17, 15) is 0 Å². The quantitative estimate of drug-likeness (QED) is 0.788. The molecular formula is C10H8BrClN2O. The Morgan fingerprint density at radius 1 is 1.33 bits per heavy atom. The van der Waals surface area contributed by atoms with Crippen molar-refractivity contribution in [2.75, 3.05) is 0 Å². The van der Waals surface area contributed by atoms with Crippen LogP contribution in [0.1, 0.15) is 17.6 Å². The van der Waals surface area contributed by atoms with Gasteiger partial charge in [0, 0.05) is 10.6 Å². The van der Waals surface area contributed by atoms with Gasteiger partial charge >= 0.3 is 0 Å². The van der Waals surface area contributed by atoms with Crippen molar-refractivity contribution in [3.63, 3.8) is 0 Å². The van der Waals surface area contributed by atoms with E-state index in [1.807, 2.05) is 19.1 Å². The third-order valence-corrected chi connectivity index (χ3v) is 2.53. The van der Waals surface area contributed by atoms with Crippen molar-refractivity contribution in [1.82, 2.24) is 10.1 Å². The van der Waals surface area contributed by atoms with Crippen molar-refractivity contribution in [2.24, 2.45) is 0 Å². The fourth-order valence-corrected chi connectivity index (χ4v) is 1.42. The van der Waals surface area contributed by atoms with Crippen LogP contribution in [0.25, 0.3) is 11.4 Å². The molecule has 1 heterocycles. The minimum atomic E-state index is 0.0612. The molecule has 1 atom stereocenters. The fourth-order valence-electron chi connectivity index (χ4n) is 1.11. The first-order valence-electron chi connectivity index (χ1n) is 4.40. The minimum Gasteiger partial charge on any atom is -0.338 e. The van der Waals surface area contributed by atoms with Gasteiger partial charge in [-0.05, 0) is 31.2 Å². The van der Waals surface area contributed by atoms with Gasteiger partial charge in [-0.15, -0.1) is 0 Å². The van der Waals surface area contributed by atoms with Gasteiger partial charge in [0.05, 0.1) is 4.83 Å². The van der Waals surface area contributed by atoms with E-state index < -0.39 is 0 Å². The molecular weight excluding hydrogens is 279 g/mol. The predicted octanol–water partition coefficient (Wildman–Crippen LogP) is 3.85. The Morgan fingerprint density at radius 3 is 2.53 bits per heavy atom. The summed E-state index contributed by atoms with van der Waals surface area (Å²) in [6.07, 6.45) is 0. The lowest BCUT2D eigenvalue weighted by atomic mass is 10.2. The first-order chi connectivity index (χ1) is 7.16. The van der Waals surface area contributed by atoms with Crippen molar-refractivity contribution in [1.29, 1.82) is 0 Å². The third kappa shape index (κ3) is 2.38. The van der Waals surface area contributed by atoms with E-state index in [1.165, 1.54) is 0 Å². The third-order valence-electron chi connectivity index (χ3n) is 1.88. The maximum Gasteiger partial charge on any atom is 0.240 e. The van der Waals surface area contributed by atoms with E-state index in [-0.39, 0.29) is 4.83 Å². The molecule has 78 valence electrons. The molecule has 0 spiro atoms. The lowest BCUT2D eigenvalue weighted by Gasteiger charge is -1.93. The van der Waals surface area contributed by atoms with E-state index in [1.54, 1.807) is 12.1 Å². The van der Waals surface area contributed by atoms with Crippen LogP contribution in [0.4, 0.5) is 0 Å². The van der Waals surface area contributed by atoms with Crippen molar-refractivity contribution < 1.29 is 4.52 Å². The molecule has 0 saturated heterocycles. The molecule has 0 amide bonds. The lowest BCUT2D eigenvalue weighted by molar-refractivity contribution is 0.382. The molecule has 2 rings (SSSR count). The second-order valence-electron chi connectivity index (χ2n) is 3.08. The van der Waals surface area contributed by atoms with Crippen LogP contribution >= 0.6 is 27.5 Å². The maximum atomic E-state index is 5.78. The van der Waals surface area contributed by atoms with Gasteiger partial charge in [0.2, 0.25) is 11.7 Å². The van der Waals surface area contributed by atoms with Crippen LogP contribution in [-0.2, 0) is 0 Å². The molecule has 0 saturated carbocycles. The Labute approximate surface area is 101 Å². The van der Waals surface area contributed by atoms with Gasteiger partial charge in [0.1, 0.15) is 0 Å². The number of hydrogen-bond donors (Lipinski definition) is 0. The molecule has 15 heavy (non-hydrogen) atoms. The topological polar surface area (TPSA) is 38.9 Å². The summed E-state index contributed by atoms with van der Waals surface area (Å²) in [7, 11) is 0. The van der Waals surface area contributed by atoms with Crippen LogP contribution in [0.2, 0.25) is 5.02 Å². The van der Waals surface area contributed by atoms with Gasteiger partial charge in [-0.25, -0.2) is 0 Å². The Balaban J connectivity index is 2.33. The summed E-state index contributed by atoms with van der Waals surface area (Å²) < 4.78 is 5.07. The van der Waals surface area contributed by atoms with Crippen LogP contribution < -0.4 is 0 Å². The summed E-state index contributed by atoms with van der Waals surface area (Å²) >= 11 is 9.15. The lowest BCUT2D eigenvalue weighted by Crippen LogP contribution is -1.83. The largest absolute Gasteiger partial charge is 0.338 e. The average Bonchev–Trinajstić information content (AvgIpc) is 2.68. The minimum absolute atomic E-state index is 0.0612. The Morgan fingerprint density at radius 2 is 2.00 bits per heavy atom. The molecule has 0 radical (unpaired) electrons. The van der Waals surface area contributed by atoms with E-state index in [4.69, 9.17) is 16.1 Å². The first-order valence-corrected chi connectivity index (χ1v) is 5.70. The molecule has 1 aromatic carbocycles. The summed E-state index contributed by atoms with van der Waals surface area (Å²) in [5, 5.41) is 4.57. The highest BCUT2D eigenvalue weighted by atomic mass is 79.9. The van der Waals surface area contributed by atoms with Gasteiger partial charge in [-0.2, -0.15) is 4.98 Å². The van der Waals surface area contributed by atoms with E-state index in [0.717, 1.165) is 5.56 Å². The molecule has 0 fully saturated rings. The molecule has 2 aromatic rings. The summed E-state index contributed by atoms with van der Waals surface area (Å²) in [4.78, 5) is 4.30. The van der Waals surface area contributed by atoms with Crippen LogP contribution in [0.5, 0.6) is 0 Å². The zero-order chi connectivity index (χ0) is 10.8. The molecule has 1 unspecified atom stereocenters. The first kappa shape index (κ1) is 10.6. The predicted molar refractivity (Wildman–Crippen MR) is 62.1 cm³/mol. The number of nitrogens with zero attached hydrogens (tertiary/aromatic N) is 2. The Bertz CT molecular complexity index is 453. The van der Waals surface area contributed by atoms with Crippen LogP contribution in [0, 0.1) is 0 Å². The van der Waals surface area contributed by atoms with E-state index in [0.29, 0.717) is 16.7 Å². The number of halogens is 2. The number of rotatable bonds is 2. The molecule has 0 bridgehead atoms. The average molecular weight is 288 g/mol. The molecule has 0 aliphatic carbocycles. The van der Waals surface area contributed by atoms with Crippen LogP contribution in [-0.4, -0.2) is 10.1 Å². The number of hydrogen-bond acceptors (Lipinski definition) is 3. The molecule has 3 nitrogen and oxygen atoms in total. The summed E-state index contributed by atoms with van der Waals surface area (Å²) in [5.74, 6) is 1.15. The van der Waals surface area contributed by atoms with Crippen molar-refractivity contribution in [3.8, 4) is 11.4 Å². The second kappa shape index (κ2) is 4.33. The van der Waals surface area contributed by atoms with Gasteiger partial charge in [0.15, 0.2) is 0 Å². The van der Waals surface area contributed by atoms with Gasteiger partial charge in [-0.1, -0.05) is 32.7 Å². The van der Waals surface area contributed by atoms with Gasteiger partial charge in [-0.3, -0.25) is 0 Å². The molecule has 0 aliphatic heterocycles. The highest BCUT2D eigenvalue weighted by molar-refractivity contribution is 9.09. The summed E-state index contributed by atoms with van der Waals surface area (Å²) in [6.45, 7) is 1.93. The Hall–Kier alpha value is -0.870. The SMILES string of the molecule is CC(Br)c1nc(-c2ccc(Cl)cc2)no1. The van der Waals surface area contributed by atoms with Crippen molar-refractivity contribution in [2.45, 2.75) is 11.8 Å². The van der Waals surface area contributed by atoms with Gasteiger partial charge in [0.25, 0.3) is 0 Å². The highest BCUT2D eigenvalue weighted by Gasteiger charge is 2.11. The van der Waals surface area contributed by atoms with Crippen LogP contribution in [0.3, 0.4) is 0 Å². The zero-order valence-electron chi connectivity index (χ0n) is 7.95. The van der Waals surface area contributed by atoms with Crippen molar-refractivity contribution >= 4 is 27.5 Å². The second-order valence-corrected chi connectivity index (χ2v) is 4.89. The smallest absolute Gasteiger partial charge is 0.240 e. The molecule has 0 N–H and O–H groups in total. The number of aromatic nitrogens is 2. The Kier molecular flexibility index (Phi) is 3.07. The monoisotopic (exact) mass is 286 g/mol. The van der Waals surface area contributed by atoms with Gasteiger partial charge < -0.3 is 4.52 Å². The molecule has 0 aliphatic rings. The maximum absolute atomic E-state index is 5.78. The molecule has 1 aromatic heterocycles. The summed E-state index contributed by atoms with van der Waals surface area (Å²) in [5.41, 5.74) is 0.891. The van der Waals surface area contributed by atoms with E-state index >= 15 is 0 Å². The molecule has 5 heteroatoms. The number of benzene rings is 1. The van der Waals surface area contributed by atoms with E-state index in [2.05, 4.69) is 26.1 Å².